The van der Waals surface area contributed by atoms with Crippen LogP contribution in [0.4, 0.5) is 5.69 Å². The quantitative estimate of drug-likeness (QED) is 0.832. The maximum Gasteiger partial charge on any atom is 0.0820 e. The maximum atomic E-state index is 9.45. The predicted octanol–water partition coefficient (Wildman–Crippen LogP) is 2.45. The van der Waals surface area contributed by atoms with Crippen molar-refractivity contribution < 1.29 is 5.11 Å². The van der Waals surface area contributed by atoms with Crippen molar-refractivity contribution in [1.82, 2.24) is 4.98 Å². The van der Waals surface area contributed by atoms with E-state index in [9.17, 15) is 5.11 Å². The molecule has 82 valence electrons. The molecule has 1 heterocycles. The Morgan fingerprint density at radius 2 is 2.20 bits per heavy atom. The van der Waals surface area contributed by atoms with Crippen molar-refractivity contribution >= 4 is 17.3 Å². The van der Waals surface area contributed by atoms with E-state index in [4.69, 9.17) is 11.6 Å². The van der Waals surface area contributed by atoms with Crippen LogP contribution in [0, 0.1) is 0 Å². The van der Waals surface area contributed by atoms with Gasteiger partial charge in [-0.25, -0.2) is 0 Å². The highest BCUT2D eigenvalue weighted by Crippen LogP contribution is 2.34. The molecule has 0 unspecified atom stereocenters. The lowest BCUT2D eigenvalue weighted by Crippen LogP contribution is -2.39. The van der Waals surface area contributed by atoms with Crippen LogP contribution < -0.4 is 5.32 Å². The third-order valence-corrected chi connectivity index (χ3v) is 3.34. The summed E-state index contributed by atoms with van der Waals surface area (Å²) in [5.41, 5.74) is 0.688. The van der Waals surface area contributed by atoms with E-state index in [0.717, 1.165) is 31.4 Å². The number of aliphatic hydroxyl groups excluding tert-OH is 1. The summed E-state index contributed by atoms with van der Waals surface area (Å²) in [7, 11) is 0. The Morgan fingerprint density at radius 3 is 2.80 bits per heavy atom. The molecular formula is C11H15ClN2O. The first-order valence-corrected chi connectivity index (χ1v) is 5.62. The Bertz CT molecular complexity index is 337. The lowest BCUT2D eigenvalue weighted by atomic mass is 9.98. The van der Waals surface area contributed by atoms with Crippen LogP contribution in [-0.2, 0) is 0 Å². The molecule has 2 rings (SSSR count). The highest BCUT2D eigenvalue weighted by Gasteiger charge is 2.33. The van der Waals surface area contributed by atoms with Gasteiger partial charge in [0.05, 0.1) is 22.9 Å². The molecule has 1 saturated carbocycles. The van der Waals surface area contributed by atoms with Gasteiger partial charge in [-0.2, -0.15) is 0 Å². The molecule has 1 aliphatic rings. The zero-order valence-electron chi connectivity index (χ0n) is 8.54. The fraction of sp³-hybridized carbons (Fsp3) is 0.545. The zero-order valence-corrected chi connectivity index (χ0v) is 9.30. The zero-order chi connectivity index (χ0) is 10.7. The normalized spacial score (nSPS) is 19.1. The maximum absolute atomic E-state index is 9.45. The van der Waals surface area contributed by atoms with Gasteiger partial charge in [-0.15, -0.1) is 0 Å². The van der Waals surface area contributed by atoms with Crippen LogP contribution in [0.2, 0.25) is 5.02 Å². The molecule has 0 amide bonds. The molecule has 2 N–H and O–H groups in total. The van der Waals surface area contributed by atoms with Gasteiger partial charge in [0.15, 0.2) is 0 Å². The summed E-state index contributed by atoms with van der Waals surface area (Å²) in [5.74, 6) is 0. The summed E-state index contributed by atoms with van der Waals surface area (Å²) in [6.07, 6.45) is 7.65. The average molecular weight is 227 g/mol. The molecule has 1 aromatic heterocycles. The fourth-order valence-electron chi connectivity index (χ4n) is 2.14. The highest BCUT2D eigenvalue weighted by atomic mass is 35.5. The molecule has 1 fully saturated rings. The van der Waals surface area contributed by atoms with E-state index in [2.05, 4.69) is 10.3 Å². The topological polar surface area (TPSA) is 45.1 Å². The van der Waals surface area contributed by atoms with Gasteiger partial charge in [0.25, 0.3) is 0 Å². The van der Waals surface area contributed by atoms with Crippen molar-refractivity contribution in [3.8, 4) is 0 Å². The van der Waals surface area contributed by atoms with Gasteiger partial charge in [-0.05, 0) is 18.9 Å². The summed E-state index contributed by atoms with van der Waals surface area (Å²) >= 11 is 6.01. The molecule has 1 aliphatic carbocycles. The molecule has 4 heteroatoms. The molecule has 0 spiro atoms. The van der Waals surface area contributed by atoms with E-state index in [1.165, 1.54) is 0 Å². The van der Waals surface area contributed by atoms with Crippen LogP contribution in [-0.4, -0.2) is 22.2 Å². The Morgan fingerprint density at radius 1 is 1.47 bits per heavy atom. The molecule has 0 radical (unpaired) electrons. The average Bonchev–Trinajstić information content (AvgIpc) is 2.71. The lowest BCUT2D eigenvalue weighted by molar-refractivity contribution is 0.214. The summed E-state index contributed by atoms with van der Waals surface area (Å²) in [6, 6.07) is 1.85. The van der Waals surface area contributed by atoms with Crippen molar-refractivity contribution in [2.24, 2.45) is 0 Å². The Kier molecular flexibility index (Phi) is 3.12. The molecule has 15 heavy (non-hydrogen) atoms. The lowest BCUT2D eigenvalue weighted by Gasteiger charge is -2.29. The largest absolute Gasteiger partial charge is 0.394 e. The molecule has 0 atom stereocenters. The van der Waals surface area contributed by atoms with Gasteiger partial charge < -0.3 is 10.4 Å². The number of aromatic nitrogens is 1. The Balaban J connectivity index is 2.16. The van der Waals surface area contributed by atoms with E-state index in [1.807, 2.05) is 6.07 Å². The van der Waals surface area contributed by atoms with E-state index in [0.29, 0.717) is 5.02 Å². The van der Waals surface area contributed by atoms with Crippen LogP contribution in [0.15, 0.2) is 18.5 Å². The minimum absolute atomic E-state index is 0.158. The van der Waals surface area contributed by atoms with Crippen molar-refractivity contribution in [2.75, 3.05) is 11.9 Å². The van der Waals surface area contributed by atoms with Gasteiger partial charge >= 0.3 is 0 Å². The van der Waals surface area contributed by atoms with Gasteiger partial charge in [0, 0.05) is 12.4 Å². The number of rotatable bonds is 3. The van der Waals surface area contributed by atoms with Gasteiger partial charge in [0.2, 0.25) is 0 Å². The van der Waals surface area contributed by atoms with Crippen LogP contribution in [0.25, 0.3) is 0 Å². The molecule has 1 aromatic rings. The van der Waals surface area contributed by atoms with Gasteiger partial charge in [-0.3, -0.25) is 4.98 Å². The fourth-order valence-corrected chi connectivity index (χ4v) is 2.30. The van der Waals surface area contributed by atoms with Crippen LogP contribution in [0.1, 0.15) is 25.7 Å². The number of anilines is 1. The number of nitrogens with zero attached hydrogens (tertiary/aromatic N) is 1. The smallest absolute Gasteiger partial charge is 0.0820 e. The van der Waals surface area contributed by atoms with Crippen LogP contribution in [0.3, 0.4) is 0 Å². The monoisotopic (exact) mass is 226 g/mol. The third kappa shape index (κ3) is 2.24. The summed E-state index contributed by atoms with van der Waals surface area (Å²) < 4.78 is 0. The van der Waals surface area contributed by atoms with Gasteiger partial charge in [-0.1, -0.05) is 24.4 Å². The minimum atomic E-state index is -0.176. The highest BCUT2D eigenvalue weighted by molar-refractivity contribution is 6.33. The van der Waals surface area contributed by atoms with E-state index in [-0.39, 0.29) is 12.1 Å². The first-order valence-electron chi connectivity index (χ1n) is 5.24. The van der Waals surface area contributed by atoms with Crippen molar-refractivity contribution in [3.05, 3.63) is 23.5 Å². The number of aliphatic hydroxyl groups is 1. The second-order valence-corrected chi connectivity index (χ2v) is 4.53. The first kappa shape index (κ1) is 10.7. The van der Waals surface area contributed by atoms with Crippen molar-refractivity contribution in [1.29, 1.82) is 0 Å². The first-order chi connectivity index (χ1) is 7.26. The molecule has 3 nitrogen and oxygen atoms in total. The van der Waals surface area contributed by atoms with Crippen LogP contribution >= 0.6 is 11.6 Å². The molecule has 0 aliphatic heterocycles. The van der Waals surface area contributed by atoms with Crippen molar-refractivity contribution in [3.63, 3.8) is 0 Å². The van der Waals surface area contributed by atoms with Crippen LogP contribution in [0.5, 0.6) is 0 Å². The van der Waals surface area contributed by atoms with E-state index in [1.54, 1.807) is 12.4 Å². The number of hydrogen-bond donors (Lipinski definition) is 2. The number of pyridine rings is 1. The Labute approximate surface area is 94.5 Å². The van der Waals surface area contributed by atoms with E-state index < -0.39 is 0 Å². The molecule has 0 saturated heterocycles. The number of halogens is 1. The number of nitrogens with one attached hydrogen (secondary N) is 1. The van der Waals surface area contributed by atoms with E-state index >= 15 is 0 Å². The molecule has 0 aromatic carbocycles. The van der Waals surface area contributed by atoms with Gasteiger partial charge in [0.1, 0.15) is 0 Å². The summed E-state index contributed by atoms with van der Waals surface area (Å²) in [5, 5.41) is 13.4. The summed E-state index contributed by atoms with van der Waals surface area (Å²) in [6.45, 7) is 0.158. The minimum Gasteiger partial charge on any atom is -0.394 e. The molecular weight excluding hydrogens is 212 g/mol. The Hall–Kier alpha value is -0.800. The standard InChI is InChI=1S/C11H15ClN2O/c12-9-7-13-6-3-10(9)14-11(8-15)4-1-2-5-11/h3,6-7,15H,1-2,4-5,8H2,(H,13,14). The summed E-state index contributed by atoms with van der Waals surface area (Å²) in [4.78, 5) is 3.93. The SMILES string of the molecule is OCC1(Nc2ccncc2Cl)CCCC1. The molecule has 0 bridgehead atoms. The second-order valence-electron chi connectivity index (χ2n) is 4.13. The van der Waals surface area contributed by atoms with Crippen molar-refractivity contribution in [2.45, 2.75) is 31.2 Å². The predicted molar refractivity (Wildman–Crippen MR) is 61.2 cm³/mol. The third-order valence-electron chi connectivity index (χ3n) is 3.04. The number of hydrogen-bond acceptors (Lipinski definition) is 3. The second kappa shape index (κ2) is 4.37.